The first-order valence-corrected chi connectivity index (χ1v) is 9.59. The van der Waals surface area contributed by atoms with Gasteiger partial charge in [0.1, 0.15) is 11.6 Å². The summed E-state index contributed by atoms with van der Waals surface area (Å²) in [6.07, 6.45) is 5.00. The molecule has 0 radical (unpaired) electrons. The molecule has 3 aromatic rings. The molecule has 0 fully saturated rings. The van der Waals surface area contributed by atoms with E-state index in [4.69, 9.17) is 9.72 Å². The fraction of sp³-hybridized carbons (Fsp3) is 0.304. The van der Waals surface area contributed by atoms with Crippen LogP contribution in [0.15, 0.2) is 61.2 Å². The van der Waals surface area contributed by atoms with Crippen molar-refractivity contribution >= 4 is 17.0 Å². The molecular formula is C23H26N2O3. The molecule has 0 aliphatic heterocycles. The third kappa shape index (κ3) is 4.80. The number of hydrogen-bond acceptors (Lipinski definition) is 4. The molecule has 0 aliphatic rings. The van der Waals surface area contributed by atoms with Gasteiger partial charge in [-0.25, -0.2) is 4.98 Å². The number of imidazole rings is 1. The van der Waals surface area contributed by atoms with Crippen LogP contribution in [-0.2, 0) is 16.1 Å². The van der Waals surface area contributed by atoms with Crippen LogP contribution in [0.25, 0.3) is 22.4 Å². The zero-order valence-corrected chi connectivity index (χ0v) is 16.3. The van der Waals surface area contributed by atoms with E-state index in [0.717, 1.165) is 47.4 Å². The molecule has 1 aromatic heterocycles. The fourth-order valence-corrected chi connectivity index (χ4v) is 3.16. The Labute approximate surface area is 165 Å². The largest absolute Gasteiger partial charge is 0.494 e. The third-order valence-corrected chi connectivity index (χ3v) is 4.58. The van der Waals surface area contributed by atoms with Crippen molar-refractivity contribution in [1.29, 1.82) is 0 Å². The van der Waals surface area contributed by atoms with Crippen molar-refractivity contribution in [2.75, 3.05) is 13.7 Å². The highest BCUT2D eigenvalue weighted by atomic mass is 16.5. The number of carbonyl (C=O) groups is 1. The first-order valence-electron chi connectivity index (χ1n) is 9.59. The smallest absolute Gasteiger partial charge is 0.305 e. The molecule has 0 saturated heterocycles. The van der Waals surface area contributed by atoms with Gasteiger partial charge in [0.15, 0.2) is 0 Å². The number of fused-ring (bicyclic) bond motifs is 1. The van der Waals surface area contributed by atoms with Gasteiger partial charge in [0.05, 0.1) is 24.8 Å². The van der Waals surface area contributed by atoms with Gasteiger partial charge in [-0.3, -0.25) is 4.79 Å². The molecule has 0 saturated carbocycles. The van der Waals surface area contributed by atoms with Gasteiger partial charge in [0.25, 0.3) is 0 Å². The van der Waals surface area contributed by atoms with Gasteiger partial charge >= 0.3 is 5.97 Å². The van der Waals surface area contributed by atoms with Gasteiger partial charge in [-0.15, -0.1) is 6.58 Å². The van der Waals surface area contributed by atoms with Crippen LogP contribution in [0.1, 0.15) is 25.7 Å². The lowest BCUT2D eigenvalue weighted by atomic mass is 10.2. The van der Waals surface area contributed by atoms with E-state index in [0.29, 0.717) is 19.6 Å². The monoisotopic (exact) mass is 378 g/mol. The zero-order valence-electron chi connectivity index (χ0n) is 16.3. The van der Waals surface area contributed by atoms with Crippen LogP contribution in [0.2, 0.25) is 0 Å². The molecule has 5 heteroatoms. The van der Waals surface area contributed by atoms with E-state index in [1.165, 1.54) is 7.11 Å². The molecule has 5 nitrogen and oxygen atoms in total. The van der Waals surface area contributed by atoms with Crippen molar-refractivity contribution in [1.82, 2.24) is 9.55 Å². The Hall–Kier alpha value is -3.08. The summed E-state index contributed by atoms with van der Waals surface area (Å²) in [6, 6.07) is 16.2. The Morgan fingerprint density at radius 2 is 1.96 bits per heavy atom. The van der Waals surface area contributed by atoms with Crippen molar-refractivity contribution < 1.29 is 14.3 Å². The molecule has 0 unspecified atom stereocenters. The maximum absolute atomic E-state index is 11.1. The molecule has 0 N–H and O–H groups in total. The van der Waals surface area contributed by atoms with Crippen LogP contribution in [0, 0.1) is 0 Å². The average molecular weight is 378 g/mol. The van der Waals surface area contributed by atoms with Crippen molar-refractivity contribution in [2.24, 2.45) is 0 Å². The van der Waals surface area contributed by atoms with Crippen LogP contribution in [0.4, 0.5) is 0 Å². The van der Waals surface area contributed by atoms with Gasteiger partial charge in [-0.2, -0.15) is 0 Å². The fourth-order valence-electron chi connectivity index (χ4n) is 3.16. The zero-order chi connectivity index (χ0) is 19.8. The number of rotatable bonds is 10. The van der Waals surface area contributed by atoms with Gasteiger partial charge < -0.3 is 14.0 Å². The van der Waals surface area contributed by atoms with Gasteiger partial charge in [-0.05, 0) is 31.4 Å². The standard InChI is InChI=1S/C23H26N2O3/c1-3-15-25-21-14-13-19(28-16-9-5-8-12-22(26)27-2)17-20(21)24-23(25)18-10-6-4-7-11-18/h3-4,6-7,10-11,13-14,17H,1,5,8-9,12,15-16H2,2H3. The average Bonchev–Trinajstić information content (AvgIpc) is 3.09. The lowest BCUT2D eigenvalue weighted by molar-refractivity contribution is -0.140. The number of unbranched alkanes of at least 4 members (excludes halogenated alkanes) is 2. The summed E-state index contributed by atoms with van der Waals surface area (Å²) in [4.78, 5) is 15.9. The highest BCUT2D eigenvalue weighted by molar-refractivity contribution is 5.82. The number of carbonyl (C=O) groups excluding carboxylic acids is 1. The Balaban J connectivity index is 1.68. The summed E-state index contributed by atoms with van der Waals surface area (Å²) in [6.45, 7) is 5.19. The Morgan fingerprint density at radius 1 is 1.14 bits per heavy atom. The minimum atomic E-state index is -0.157. The van der Waals surface area contributed by atoms with Crippen LogP contribution in [-0.4, -0.2) is 29.2 Å². The number of ether oxygens (including phenoxy) is 2. The Morgan fingerprint density at radius 3 is 2.71 bits per heavy atom. The number of allylic oxidation sites excluding steroid dienone is 1. The second kappa shape index (κ2) is 9.74. The van der Waals surface area contributed by atoms with Crippen molar-refractivity contribution in [2.45, 2.75) is 32.2 Å². The lowest BCUT2D eigenvalue weighted by Crippen LogP contribution is -2.01. The summed E-state index contributed by atoms with van der Waals surface area (Å²) in [5, 5.41) is 0. The second-order valence-corrected chi connectivity index (χ2v) is 6.59. The molecule has 146 valence electrons. The molecular weight excluding hydrogens is 352 g/mol. The molecule has 1 heterocycles. The minimum absolute atomic E-state index is 0.157. The summed E-state index contributed by atoms with van der Waals surface area (Å²) in [7, 11) is 1.42. The van der Waals surface area contributed by atoms with E-state index in [1.54, 1.807) is 0 Å². The SMILES string of the molecule is C=CCn1c(-c2ccccc2)nc2cc(OCCCCCC(=O)OC)ccc21. The van der Waals surface area contributed by atoms with E-state index in [9.17, 15) is 4.79 Å². The van der Waals surface area contributed by atoms with Crippen LogP contribution in [0.5, 0.6) is 5.75 Å². The summed E-state index contributed by atoms with van der Waals surface area (Å²) in [5.74, 6) is 1.58. The van der Waals surface area contributed by atoms with E-state index < -0.39 is 0 Å². The number of nitrogens with zero attached hydrogens (tertiary/aromatic N) is 2. The quantitative estimate of drug-likeness (QED) is 0.283. The molecule has 2 aromatic carbocycles. The first kappa shape index (κ1) is 19.7. The topological polar surface area (TPSA) is 53.4 Å². The predicted molar refractivity (Wildman–Crippen MR) is 111 cm³/mol. The molecule has 0 bridgehead atoms. The van der Waals surface area contributed by atoms with Gasteiger partial charge in [0.2, 0.25) is 0 Å². The minimum Gasteiger partial charge on any atom is -0.494 e. The van der Waals surface area contributed by atoms with Crippen molar-refractivity contribution in [3.63, 3.8) is 0 Å². The summed E-state index contributed by atoms with van der Waals surface area (Å²) < 4.78 is 12.7. The number of benzene rings is 2. The van der Waals surface area contributed by atoms with E-state index in [-0.39, 0.29) is 5.97 Å². The number of methoxy groups -OCH3 is 1. The Kier molecular flexibility index (Phi) is 6.84. The number of aromatic nitrogens is 2. The van der Waals surface area contributed by atoms with Gasteiger partial charge in [0, 0.05) is 24.6 Å². The highest BCUT2D eigenvalue weighted by Crippen LogP contribution is 2.27. The Bertz CT molecular complexity index is 932. The van der Waals surface area contributed by atoms with Crippen LogP contribution < -0.4 is 4.74 Å². The predicted octanol–water partition coefficient (Wildman–Crippen LogP) is 5.00. The van der Waals surface area contributed by atoms with E-state index >= 15 is 0 Å². The lowest BCUT2D eigenvalue weighted by Gasteiger charge is -2.08. The summed E-state index contributed by atoms with van der Waals surface area (Å²) in [5.41, 5.74) is 3.04. The summed E-state index contributed by atoms with van der Waals surface area (Å²) >= 11 is 0. The molecule has 3 rings (SSSR count). The normalized spacial score (nSPS) is 10.8. The molecule has 28 heavy (non-hydrogen) atoms. The molecule has 0 aliphatic carbocycles. The first-order chi connectivity index (χ1) is 13.7. The van der Waals surface area contributed by atoms with E-state index in [1.807, 2.05) is 42.5 Å². The molecule has 0 atom stereocenters. The van der Waals surface area contributed by atoms with Crippen LogP contribution >= 0.6 is 0 Å². The van der Waals surface area contributed by atoms with Crippen LogP contribution in [0.3, 0.4) is 0 Å². The third-order valence-electron chi connectivity index (χ3n) is 4.58. The maximum atomic E-state index is 11.1. The number of esters is 1. The maximum Gasteiger partial charge on any atom is 0.305 e. The number of hydrogen-bond donors (Lipinski definition) is 0. The molecule has 0 amide bonds. The van der Waals surface area contributed by atoms with E-state index in [2.05, 4.69) is 28.0 Å². The van der Waals surface area contributed by atoms with Crippen molar-refractivity contribution in [3.8, 4) is 17.1 Å². The second-order valence-electron chi connectivity index (χ2n) is 6.59. The van der Waals surface area contributed by atoms with Crippen molar-refractivity contribution in [3.05, 3.63) is 61.2 Å². The molecule has 0 spiro atoms. The van der Waals surface area contributed by atoms with Gasteiger partial charge in [-0.1, -0.05) is 36.4 Å². The highest BCUT2D eigenvalue weighted by Gasteiger charge is 2.12.